The van der Waals surface area contributed by atoms with Crippen LogP contribution in [0, 0.1) is 0 Å². The molecule has 0 aliphatic heterocycles. The molecule has 274 valence electrons. The molecule has 0 fully saturated rings. The van der Waals surface area contributed by atoms with Crippen molar-refractivity contribution < 1.29 is 0 Å². The van der Waals surface area contributed by atoms with Crippen molar-refractivity contribution in [3.05, 3.63) is 204 Å². The summed E-state index contributed by atoms with van der Waals surface area (Å²) in [7, 11) is 0. The Morgan fingerprint density at radius 1 is 0.224 bits per heavy atom. The molecule has 0 atom stereocenters. The molecular weight excluding hydrogens is 705 g/mol. The van der Waals surface area contributed by atoms with Crippen molar-refractivity contribution in [2.75, 3.05) is 0 Å². The maximum absolute atomic E-state index is 2.54. The lowest BCUT2D eigenvalue weighted by Crippen LogP contribution is -2.10. The van der Waals surface area contributed by atoms with Gasteiger partial charge in [0, 0.05) is 44.3 Å². The lowest BCUT2D eigenvalue weighted by Gasteiger charge is -2.22. The lowest BCUT2D eigenvalue weighted by atomic mass is 9.92. The van der Waals surface area contributed by atoms with Gasteiger partial charge < -0.3 is 18.3 Å². The van der Waals surface area contributed by atoms with E-state index in [1.165, 1.54) is 111 Å². The highest BCUT2D eigenvalue weighted by molar-refractivity contribution is 6.02. The van der Waals surface area contributed by atoms with Crippen molar-refractivity contribution in [2.24, 2.45) is 0 Å². The predicted molar refractivity (Wildman–Crippen MR) is 239 cm³/mol. The van der Waals surface area contributed by atoms with Gasteiger partial charge in [0.2, 0.25) is 0 Å². The van der Waals surface area contributed by atoms with Crippen LogP contribution < -0.4 is 0 Å². The highest BCUT2D eigenvalue weighted by Crippen LogP contribution is 2.49. The molecule has 7 aromatic carbocycles. The molecule has 0 unspecified atom stereocenters. The van der Waals surface area contributed by atoms with Crippen molar-refractivity contribution in [2.45, 2.75) is 25.7 Å². The lowest BCUT2D eigenvalue weighted by molar-refractivity contribution is 0.918. The second kappa shape index (κ2) is 12.1. The smallest absolute Gasteiger partial charge is 0.0744 e. The molecule has 58 heavy (non-hydrogen) atoms. The van der Waals surface area contributed by atoms with Crippen LogP contribution >= 0.6 is 0 Å². The molecule has 2 aliphatic rings. The molecule has 0 N–H and O–H groups in total. The minimum atomic E-state index is 1.01. The third-order valence-electron chi connectivity index (χ3n) is 13.0. The summed E-state index contributed by atoms with van der Waals surface area (Å²) >= 11 is 0. The highest BCUT2D eigenvalue weighted by atomic mass is 15.1. The zero-order valence-corrected chi connectivity index (χ0v) is 31.9. The fourth-order valence-electron chi connectivity index (χ4n) is 10.7. The zero-order valence-electron chi connectivity index (χ0n) is 31.9. The normalized spacial score (nSPS) is 13.2. The summed E-state index contributed by atoms with van der Waals surface area (Å²) in [5, 5.41) is 5.36. The molecule has 0 saturated heterocycles. The minimum absolute atomic E-state index is 1.01. The van der Waals surface area contributed by atoms with E-state index in [1.807, 2.05) is 0 Å². The Bertz CT molecular complexity index is 3200. The van der Waals surface area contributed by atoms with Gasteiger partial charge in [-0.1, -0.05) is 109 Å². The number of aryl methyl sites for hydroxylation is 4. The molecule has 0 bridgehead atoms. The maximum atomic E-state index is 2.54. The molecule has 0 spiro atoms. The third-order valence-corrected chi connectivity index (χ3v) is 13.0. The van der Waals surface area contributed by atoms with Crippen LogP contribution in [0.4, 0.5) is 0 Å². The van der Waals surface area contributed by atoms with E-state index in [0.29, 0.717) is 0 Å². The van der Waals surface area contributed by atoms with E-state index in [2.05, 4.69) is 200 Å². The summed E-state index contributed by atoms with van der Waals surface area (Å²) in [5.74, 6) is 0. The van der Waals surface area contributed by atoms with Crippen LogP contribution in [-0.2, 0) is 25.7 Å². The van der Waals surface area contributed by atoms with Crippen molar-refractivity contribution in [3.8, 4) is 45.5 Å². The van der Waals surface area contributed by atoms with Crippen LogP contribution in [0.25, 0.3) is 89.1 Å². The summed E-state index contributed by atoms with van der Waals surface area (Å²) in [6.07, 6.45) is 4.05. The molecule has 11 aromatic rings. The van der Waals surface area contributed by atoms with E-state index in [4.69, 9.17) is 0 Å². The minimum Gasteiger partial charge on any atom is -0.307 e. The van der Waals surface area contributed by atoms with E-state index in [9.17, 15) is 0 Å². The summed E-state index contributed by atoms with van der Waals surface area (Å²) in [6, 6.07) is 67.1. The van der Waals surface area contributed by atoms with Gasteiger partial charge in [-0.25, -0.2) is 0 Å². The largest absolute Gasteiger partial charge is 0.307 e. The third kappa shape index (κ3) is 4.29. The number of nitrogens with zero attached hydrogens (tertiary/aromatic N) is 4. The molecule has 0 amide bonds. The number of fused-ring (bicyclic) bond motifs is 14. The van der Waals surface area contributed by atoms with Gasteiger partial charge in [-0.05, 0) is 121 Å². The van der Waals surface area contributed by atoms with Gasteiger partial charge in [0.25, 0.3) is 0 Å². The zero-order chi connectivity index (χ0) is 37.9. The number of aromatic nitrogens is 4. The molecule has 0 radical (unpaired) electrons. The summed E-state index contributed by atoms with van der Waals surface area (Å²) in [6.45, 7) is 0. The van der Waals surface area contributed by atoms with Crippen LogP contribution in [0.15, 0.2) is 182 Å². The van der Waals surface area contributed by atoms with Crippen LogP contribution in [0.2, 0.25) is 0 Å². The maximum Gasteiger partial charge on any atom is 0.0744 e. The average Bonchev–Trinajstić information content (AvgIpc) is 4.02. The molecule has 4 heterocycles. The van der Waals surface area contributed by atoms with E-state index in [1.54, 1.807) is 0 Å². The first-order valence-corrected chi connectivity index (χ1v) is 20.5. The van der Waals surface area contributed by atoms with E-state index in [-0.39, 0.29) is 0 Å². The Morgan fingerprint density at radius 3 is 0.724 bits per heavy atom. The Balaban J connectivity index is 1.06. The second-order valence-electron chi connectivity index (χ2n) is 15.9. The van der Waals surface area contributed by atoms with Crippen molar-refractivity contribution >= 4 is 43.6 Å². The standard InChI is InChI=1S/C54H38N4/c1-3-15-35(16-4-1)55-47-23-11-7-19-39(47)43-31-33-45-41-21-9-13-25-49(41)57(53(45)51(43)55)37-27-29-38(30-28-37)58-50-26-14-10-22-42(50)46-34-32-44-40-20-8-12-24-48(40)56(52(44)54(46)58)36-17-5-2-6-18-36/h1-30H,31-34H2. The molecule has 0 saturated carbocycles. The van der Waals surface area contributed by atoms with E-state index in [0.717, 1.165) is 25.7 Å². The summed E-state index contributed by atoms with van der Waals surface area (Å²) in [5.41, 5.74) is 20.7. The second-order valence-corrected chi connectivity index (χ2v) is 15.9. The first kappa shape index (κ1) is 31.9. The Kier molecular flexibility index (Phi) is 6.65. The van der Waals surface area contributed by atoms with Gasteiger partial charge in [-0.15, -0.1) is 0 Å². The molecule has 2 aliphatic carbocycles. The number of benzene rings is 7. The molecule has 4 nitrogen and oxygen atoms in total. The molecular formula is C54H38N4. The molecule has 4 heteroatoms. The van der Waals surface area contributed by atoms with Crippen molar-refractivity contribution in [3.63, 3.8) is 0 Å². The fourth-order valence-corrected chi connectivity index (χ4v) is 10.7. The summed E-state index contributed by atoms with van der Waals surface area (Å²) in [4.78, 5) is 0. The van der Waals surface area contributed by atoms with Crippen molar-refractivity contribution in [1.29, 1.82) is 0 Å². The Morgan fingerprint density at radius 2 is 0.448 bits per heavy atom. The highest BCUT2D eigenvalue weighted by Gasteiger charge is 2.33. The van der Waals surface area contributed by atoms with Gasteiger partial charge >= 0.3 is 0 Å². The Hall–Kier alpha value is -7.30. The van der Waals surface area contributed by atoms with Gasteiger partial charge in [0.1, 0.15) is 0 Å². The number of para-hydroxylation sites is 6. The van der Waals surface area contributed by atoms with Crippen LogP contribution in [0.1, 0.15) is 22.3 Å². The van der Waals surface area contributed by atoms with Gasteiger partial charge in [0.15, 0.2) is 0 Å². The predicted octanol–water partition coefficient (Wildman–Crippen LogP) is 13.0. The van der Waals surface area contributed by atoms with Crippen molar-refractivity contribution in [1.82, 2.24) is 18.3 Å². The first-order chi connectivity index (χ1) is 28.8. The van der Waals surface area contributed by atoms with E-state index >= 15 is 0 Å². The Labute approximate surface area is 336 Å². The van der Waals surface area contributed by atoms with Gasteiger partial charge in [0.05, 0.1) is 44.8 Å². The number of hydrogen-bond donors (Lipinski definition) is 0. The van der Waals surface area contributed by atoms with Crippen LogP contribution in [0.5, 0.6) is 0 Å². The SMILES string of the molecule is c1ccc(-n2c3c(c4ccccc42)CCc2c-3n(-c3ccc(-n4c5c(c6ccccc64)CCc4c-5n(-c5ccccc5)c5ccccc45)cc3)c3ccccc23)cc1. The fraction of sp³-hybridized carbons (Fsp3) is 0.0741. The monoisotopic (exact) mass is 742 g/mol. The quantitative estimate of drug-likeness (QED) is 0.171. The molecule has 4 aromatic heterocycles. The average molecular weight is 743 g/mol. The molecule has 13 rings (SSSR count). The van der Waals surface area contributed by atoms with Crippen LogP contribution in [0.3, 0.4) is 0 Å². The van der Waals surface area contributed by atoms with Gasteiger partial charge in [-0.2, -0.15) is 0 Å². The number of hydrogen-bond acceptors (Lipinski definition) is 0. The van der Waals surface area contributed by atoms with Gasteiger partial charge in [-0.3, -0.25) is 0 Å². The van der Waals surface area contributed by atoms with Crippen LogP contribution in [-0.4, -0.2) is 18.3 Å². The first-order valence-electron chi connectivity index (χ1n) is 20.5. The summed E-state index contributed by atoms with van der Waals surface area (Å²) < 4.78 is 10.1. The van der Waals surface area contributed by atoms with E-state index < -0.39 is 0 Å². The number of rotatable bonds is 4. The topological polar surface area (TPSA) is 19.7 Å².